The molecule has 0 spiro atoms. The number of carbonyl (C=O) groups excluding carboxylic acids is 6. The standard InChI is InChI=1S/C54H66N8O10/c1-31(2)45(61-49(65)33(5)57-53(69)71-29-35-17-9-7-10-18-35)51(67)59-43(25-37-27-55-41-23-15-13-21-39(37)41)47(63)48(64)44(26-38-28-56-42-24-16-14-22-40(38)42)60-52(68)46(32(3)4)62-50(66)34(6)58-54(70)72-30-36-19-11-8-12-20-36/h7-24,27-28,31-34,43-48,55-56,63-64H,25-26,29-30H2,1-6H3,(H,57,69)(H,58,70)(H,59,67)(H,60,68)(H,61,65)(H,62,66)/t33-,34-,43-,44-,45-,46-,47+,48+/m0/s1. The molecule has 0 unspecified atom stereocenters. The Morgan fingerprint density at radius 2 is 0.806 bits per heavy atom. The highest BCUT2D eigenvalue weighted by molar-refractivity contribution is 5.93. The average Bonchev–Trinajstić information content (AvgIpc) is 3.98. The Bertz CT molecular complexity index is 2570. The molecule has 10 N–H and O–H groups in total. The van der Waals surface area contributed by atoms with Gasteiger partial charge < -0.3 is 61.6 Å². The molecule has 6 amide bonds. The molecule has 6 aromatic rings. The van der Waals surface area contributed by atoms with Crippen LogP contribution in [0.3, 0.4) is 0 Å². The number of hydrogen-bond donors (Lipinski definition) is 10. The molecule has 8 atom stereocenters. The van der Waals surface area contributed by atoms with Gasteiger partial charge in [-0.05, 0) is 72.9 Å². The summed E-state index contributed by atoms with van der Waals surface area (Å²) in [5.41, 5.74) is 4.50. The Morgan fingerprint density at radius 3 is 1.17 bits per heavy atom. The third-order valence-electron chi connectivity index (χ3n) is 12.4. The first kappa shape index (κ1) is 53.6. The second kappa shape index (κ2) is 25.4. The zero-order valence-corrected chi connectivity index (χ0v) is 41.3. The van der Waals surface area contributed by atoms with Crippen molar-refractivity contribution in [1.82, 2.24) is 41.9 Å². The highest BCUT2D eigenvalue weighted by Gasteiger charge is 2.39. The normalized spacial score (nSPS) is 14.8. The van der Waals surface area contributed by atoms with Crippen molar-refractivity contribution in [1.29, 1.82) is 0 Å². The monoisotopic (exact) mass is 986 g/mol. The van der Waals surface area contributed by atoms with Crippen LogP contribution in [0.25, 0.3) is 21.8 Å². The largest absolute Gasteiger partial charge is 0.445 e. The van der Waals surface area contributed by atoms with E-state index in [-0.39, 0.29) is 26.1 Å². The molecule has 0 fully saturated rings. The summed E-state index contributed by atoms with van der Waals surface area (Å²) in [6.07, 6.45) is -1.68. The van der Waals surface area contributed by atoms with Crippen molar-refractivity contribution < 1.29 is 48.5 Å². The Balaban J connectivity index is 1.21. The molecule has 2 aromatic heterocycles. The van der Waals surface area contributed by atoms with E-state index in [1.807, 2.05) is 60.7 Å². The van der Waals surface area contributed by atoms with Crippen LogP contribution in [0, 0.1) is 11.8 Å². The minimum atomic E-state index is -1.75. The number of H-pyrrole nitrogens is 2. The zero-order valence-electron chi connectivity index (χ0n) is 41.3. The maximum Gasteiger partial charge on any atom is 0.408 e. The number of ether oxygens (including phenoxy) is 2. The lowest BCUT2D eigenvalue weighted by molar-refractivity contribution is -0.133. The van der Waals surface area contributed by atoms with Crippen LogP contribution >= 0.6 is 0 Å². The first-order valence-corrected chi connectivity index (χ1v) is 24.1. The van der Waals surface area contributed by atoms with E-state index in [0.717, 1.165) is 32.9 Å². The molecule has 0 radical (unpaired) electrons. The van der Waals surface area contributed by atoms with Gasteiger partial charge in [-0.3, -0.25) is 19.2 Å². The van der Waals surface area contributed by atoms with Crippen LogP contribution in [-0.2, 0) is 54.7 Å². The Labute approximate surface area is 418 Å². The van der Waals surface area contributed by atoms with E-state index in [1.54, 1.807) is 88.6 Å². The molecule has 0 bridgehead atoms. The van der Waals surface area contributed by atoms with Gasteiger partial charge in [0, 0.05) is 34.2 Å². The number of aromatic amines is 2. The molecule has 0 aliphatic heterocycles. The Kier molecular flexibility index (Phi) is 18.9. The summed E-state index contributed by atoms with van der Waals surface area (Å²) < 4.78 is 10.6. The third-order valence-corrected chi connectivity index (χ3v) is 12.4. The SMILES string of the molecule is CC(C)[C@H](NC(=O)[C@H](C)NC(=O)OCc1ccccc1)C(=O)N[C@@H](Cc1c[nH]c2ccccc12)[C@@H](O)[C@H](O)[C@H](Cc1c[nH]c2ccccc12)NC(=O)[C@@H](NC(=O)[C@H](C)NC(=O)OCc1ccccc1)C(C)C. The van der Waals surface area contributed by atoms with Gasteiger partial charge in [0.1, 0.15) is 49.6 Å². The number of alkyl carbamates (subject to hydrolysis) is 2. The lowest BCUT2D eigenvalue weighted by Gasteiger charge is -2.35. The van der Waals surface area contributed by atoms with E-state index in [0.29, 0.717) is 11.1 Å². The van der Waals surface area contributed by atoms with Gasteiger partial charge in [-0.15, -0.1) is 0 Å². The van der Waals surface area contributed by atoms with Gasteiger partial charge in [-0.1, -0.05) is 125 Å². The average molecular weight is 987 g/mol. The van der Waals surface area contributed by atoms with Crippen molar-refractivity contribution in [3.8, 4) is 0 Å². The number of hydrogen-bond acceptors (Lipinski definition) is 10. The summed E-state index contributed by atoms with van der Waals surface area (Å²) >= 11 is 0. The fourth-order valence-electron chi connectivity index (χ4n) is 8.25. The predicted octanol–water partition coefficient (Wildman–Crippen LogP) is 5.04. The van der Waals surface area contributed by atoms with Crippen LogP contribution in [0.1, 0.15) is 63.8 Å². The summed E-state index contributed by atoms with van der Waals surface area (Å²) in [4.78, 5) is 87.5. The van der Waals surface area contributed by atoms with E-state index in [9.17, 15) is 39.0 Å². The number of fused-ring (bicyclic) bond motifs is 2. The highest BCUT2D eigenvalue weighted by atomic mass is 16.6. The lowest BCUT2D eigenvalue weighted by Crippen LogP contribution is -2.62. The van der Waals surface area contributed by atoms with E-state index in [2.05, 4.69) is 41.9 Å². The van der Waals surface area contributed by atoms with Crippen LogP contribution in [0.5, 0.6) is 0 Å². The molecule has 382 valence electrons. The number of carbonyl (C=O) groups is 6. The second-order valence-corrected chi connectivity index (χ2v) is 18.7. The maximum absolute atomic E-state index is 14.4. The third kappa shape index (κ3) is 14.7. The fourth-order valence-corrected chi connectivity index (χ4v) is 8.25. The molecular weight excluding hydrogens is 921 g/mol. The summed E-state index contributed by atoms with van der Waals surface area (Å²) in [7, 11) is 0. The van der Waals surface area contributed by atoms with Crippen molar-refractivity contribution in [3.05, 3.63) is 144 Å². The molecule has 2 heterocycles. The fraction of sp³-hybridized carbons (Fsp3) is 0.370. The molecule has 18 nitrogen and oxygen atoms in total. The minimum absolute atomic E-state index is 0.00491. The summed E-state index contributed by atoms with van der Waals surface area (Å²) in [6.45, 7) is 9.77. The van der Waals surface area contributed by atoms with Gasteiger partial charge in [0.15, 0.2) is 0 Å². The van der Waals surface area contributed by atoms with Gasteiger partial charge in [-0.2, -0.15) is 0 Å². The van der Waals surface area contributed by atoms with E-state index in [1.165, 1.54) is 13.8 Å². The molecule has 72 heavy (non-hydrogen) atoms. The molecule has 0 saturated heterocycles. The van der Waals surface area contributed by atoms with Crippen molar-refractivity contribution in [2.75, 3.05) is 0 Å². The number of nitrogens with one attached hydrogen (secondary N) is 8. The lowest BCUT2D eigenvalue weighted by atomic mass is 9.90. The predicted molar refractivity (Wildman–Crippen MR) is 272 cm³/mol. The number of aromatic nitrogens is 2. The zero-order chi connectivity index (χ0) is 51.9. The number of aliphatic hydroxyl groups is 2. The van der Waals surface area contributed by atoms with Crippen LogP contribution in [0.2, 0.25) is 0 Å². The van der Waals surface area contributed by atoms with Crippen molar-refractivity contribution in [2.24, 2.45) is 11.8 Å². The number of aliphatic hydroxyl groups excluding tert-OH is 2. The van der Waals surface area contributed by atoms with Gasteiger partial charge >= 0.3 is 12.2 Å². The van der Waals surface area contributed by atoms with E-state index >= 15 is 0 Å². The van der Waals surface area contributed by atoms with Crippen LogP contribution in [0.15, 0.2) is 122 Å². The number of benzene rings is 4. The van der Waals surface area contributed by atoms with Crippen LogP contribution in [-0.4, -0.2) is 104 Å². The molecule has 0 saturated carbocycles. The number of para-hydroxylation sites is 2. The summed E-state index contributed by atoms with van der Waals surface area (Å²) in [5.74, 6) is -3.68. The quantitative estimate of drug-likeness (QED) is 0.0409. The van der Waals surface area contributed by atoms with Crippen LogP contribution < -0.4 is 31.9 Å². The van der Waals surface area contributed by atoms with Gasteiger partial charge in [-0.25, -0.2) is 9.59 Å². The van der Waals surface area contributed by atoms with E-state index in [4.69, 9.17) is 9.47 Å². The molecule has 4 aromatic carbocycles. The molecular formula is C54H66N8O10. The minimum Gasteiger partial charge on any atom is -0.445 e. The van der Waals surface area contributed by atoms with Gasteiger partial charge in [0.2, 0.25) is 23.6 Å². The first-order valence-electron chi connectivity index (χ1n) is 24.1. The number of amides is 6. The first-order chi connectivity index (χ1) is 34.5. The second-order valence-electron chi connectivity index (χ2n) is 18.7. The number of rotatable bonds is 23. The topological polar surface area (TPSA) is 265 Å². The smallest absolute Gasteiger partial charge is 0.408 e. The maximum atomic E-state index is 14.4. The highest BCUT2D eigenvalue weighted by Crippen LogP contribution is 2.24. The Morgan fingerprint density at radius 1 is 0.458 bits per heavy atom. The van der Waals surface area contributed by atoms with Crippen LogP contribution in [0.4, 0.5) is 9.59 Å². The molecule has 0 aliphatic rings. The Hall–Kier alpha value is -7.70. The summed E-state index contributed by atoms with van der Waals surface area (Å²) in [5, 5.41) is 42.7. The molecule has 0 aliphatic carbocycles. The van der Waals surface area contributed by atoms with E-state index < -0.39 is 96.1 Å². The summed E-state index contributed by atoms with van der Waals surface area (Å²) in [6, 6.07) is 26.0. The van der Waals surface area contributed by atoms with Crippen molar-refractivity contribution in [3.63, 3.8) is 0 Å². The van der Waals surface area contributed by atoms with Gasteiger partial charge in [0.05, 0.1) is 12.1 Å². The van der Waals surface area contributed by atoms with Crippen molar-refractivity contribution >= 4 is 57.6 Å². The molecule has 6 rings (SSSR count). The van der Waals surface area contributed by atoms with Crippen molar-refractivity contribution in [2.45, 2.75) is 116 Å². The molecule has 18 heteroatoms. The van der Waals surface area contributed by atoms with Gasteiger partial charge in [0.25, 0.3) is 0 Å².